The summed E-state index contributed by atoms with van der Waals surface area (Å²) in [5.74, 6) is 0. The van der Waals surface area contributed by atoms with E-state index < -0.39 is 15.6 Å². The Bertz CT molecular complexity index is 589. The standard InChI is InChI=1S/C6H2Cl3N2.CHF3O3S/c7-3-1-4(8)6(11-10)5(9)2-3;2-1(3,4)8(5,6)7/h1-2H;(H,5,6,7)/q+1;/p-1. The van der Waals surface area contributed by atoms with Gasteiger partial charge in [-0.25, -0.2) is 8.42 Å². The highest BCUT2D eigenvalue weighted by Gasteiger charge is 2.36. The van der Waals surface area contributed by atoms with Crippen LogP contribution in [0.5, 0.6) is 0 Å². The molecule has 0 saturated carbocycles. The van der Waals surface area contributed by atoms with Gasteiger partial charge in [0.2, 0.25) is 5.39 Å². The number of hydrogen-bond donors (Lipinski definition) is 0. The normalized spacial score (nSPS) is 11.3. The first-order chi connectivity index (χ1) is 8.40. The molecule has 0 unspecified atom stereocenters. The van der Waals surface area contributed by atoms with Gasteiger partial charge >= 0.3 is 11.2 Å². The Morgan fingerprint density at radius 2 is 1.47 bits per heavy atom. The Kier molecular flexibility index (Phi) is 6.31. The summed E-state index contributed by atoms with van der Waals surface area (Å²) in [6, 6.07) is 2.90. The van der Waals surface area contributed by atoms with Gasteiger partial charge in [0.1, 0.15) is 10.0 Å². The fourth-order valence-electron chi connectivity index (χ4n) is 0.630. The second-order valence-corrected chi connectivity index (χ2v) is 5.34. The monoisotopic (exact) mass is 356 g/mol. The molecule has 0 heterocycles. The van der Waals surface area contributed by atoms with Gasteiger partial charge in [-0.15, -0.1) is 0 Å². The van der Waals surface area contributed by atoms with Crippen molar-refractivity contribution >= 4 is 50.6 Å². The van der Waals surface area contributed by atoms with Crippen LogP contribution in [0, 0.1) is 5.39 Å². The summed E-state index contributed by atoms with van der Waals surface area (Å²) in [6.07, 6.45) is 0. The lowest BCUT2D eigenvalue weighted by Crippen LogP contribution is -2.21. The van der Waals surface area contributed by atoms with Crippen molar-refractivity contribution < 1.29 is 26.1 Å². The SMILES string of the molecule is N#[N+]c1c(Cl)cc(Cl)cc1Cl.O=S(=O)([O-])C(F)(F)F. The number of alkyl halides is 3. The van der Waals surface area contributed by atoms with Gasteiger partial charge in [0.05, 0.1) is 0 Å². The Hall–Kier alpha value is -0.790. The molecule has 5 nitrogen and oxygen atoms in total. The maximum absolute atomic E-state index is 10.7. The smallest absolute Gasteiger partial charge is 0.485 e. The average molecular weight is 358 g/mol. The average Bonchev–Trinajstić information content (AvgIpc) is 2.13. The van der Waals surface area contributed by atoms with Crippen LogP contribution in [0.2, 0.25) is 15.1 Å². The van der Waals surface area contributed by atoms with E-state index in [-0.39, 0.29) is 15.7 Å². The number of rotatable bonds is 0. The fourth-order valence-corrected chi connectivity index (χ4v) is 1.52. The molecule has 0 N–H and O–H groups in total. The van der Waals surface area contributed by atoms with Gasteiger partial charge in [-0.2, -0.15) is 13.2 Å². The molecule has 0 fully saturated rings. The summed E-state index contributed by atoms with van der Waals surface area (Å²) < 4.78 is 58.9. The molecule has 0 amide bonds. The van der Waals surface area contributed by atoms with Crippen molar-refractivity contribution in [3.63, 3.8) is 0 Å². The van der Waals surface area contributed by atoms with E-state index >= 15 is 0 Å². The molecule has 0 aliphatic carbocycles. The highest BCUT2D eigenvalue weighted by molar-refractivity contribution is 7.86. The van der Waals surface area contributed by atoms with Crippen LogP contribution in [0.15, 0.2) is 12.1 Å². The van der Waals surface area contributed by atoms with Crippen molar-refractivity contribution in [1.29, 1.82) is 5.39 Å². The molecule has 0 aromatic heterocycles. The topological polar surface area (TPSA) is 85.3 Å². The Morgan fingerprint density at radius 3 is 1.68 bits per heavy atom. The molecule has 0 aliphatic rings. The highest BCUT2D eigenvalue weighted by atomic mass is 35.5. The summed E-state index contributed by atoms with van der Waals surface area (Å²) in [5.41, 5.74) is -5.51. The molecule has 0 bridgehead atoms. The zero-order chi connectivity index (χ0) is 15.4. The van der Waals surface area contributed by atoms with E-state index in [2.05, 4.69) is 4.98 Å². The van der Waals surface area contributed by atoms with Gasteiger partial charge in [0.15, 0.2) is 15.1 Å². The van der Waals surface area contributed by atoms with Crippen molar-refractivity contribution in [2.75, 3.05) is 0 Å². The zero-order valence-electron chi connectivity index (χ0n) is 8.45. The van der Waals surface area contributed by atoms with E-state index in [0.29, 0.717) is 5.02 Å². The van der Waals surface area contributed by atoms with E-state index in [9.17, 15) is 13.2 Å². The Labute approximate surface area is 120 Å². The first-order valence-corrected chi connectivity index (χ1v) is 6.46. The van der Waals surface area contributed by atoms with Crippen LogP contribution in [-0.4, -0.2) is 18.5 Å². The molecule has 0 radical (unpaired) electrons. The molecule has 0 saturated heterocycles. The first kappa shape index (κ1) is 18.2. The van der Waals surface area contributed by atoms with E-state index in [1.54, 1.807) is 0 Å². The molecule has 19 heavy (non-hydrogen) atoms. The lowest BCUT2D eigenvalue weighted by molar-refractivity contribution is -0.0517. The minimum atomic E-state index is -6.09. The number of diazo groups is 1. The largest absolute Gasteiger partial charge is 0.741 e. The third-order valence-electron chi connectivity index (χ3n) is 1.37. The lowest BCUT2D eigenvalue weighted by Gasteiger charge is -2.08. The van der Waals surface area contributed by atoms with Crippen molar-refractivity contribution in [2.45, 2.75) is 5.51 Å². The predicted octanol–water partition coefficient (Wildman–Crippen LogP) is 4.18. The maximum Gasteiger partial charge on any atom is 0.485 e. The van der Waals surface area contributed by atoms with Crippen LogP contribution in [-0.2, 0) is 10.1 Å². The molecular formula is C7H2Cl3F3N2O3S. The quantitative estimate of drug-likeness (QED) is 0.396. The summed E-state index contributed by atoms with van der Waals surface area (Å²) >= 11 is 16.8. The van der Waals surface area contributed by atoms with Crippen LogP contribution >= 0.6 is 34.8 Å². The molecule has 1 aromatic carbocycles. The van der Waals surface area contributed by atoms with Crippen molar-refractivity contribution in [3.05, 3.63) is 32.2 Å². The van der Waals surface area contributed by atoms with Crippen molar-refractivity contribution in [1.82, 2.24) is 0 Å². The second kappa shape index (κ2) is 6.58. The number of hydrogen-bond acceptors (Lipinski definition) is 4. The van der Waals surface area contributed by atoms with E-state index in [0.717, 1.165) is 0 Å². The summed E-state index contributed by atoms with van der Waals surface area (Å²) in [6.45, 7) is 0. The van der Waals surface area contributed by atoms with Crippen molar-refractivity contribution in [2.24, 2.45) is 0 Å². The molecular weight excluding hydrogens is 356 g/mol. The van der Waals surface area contributed by atoms with E-state index in [1.807, 2.05) is 0 Å². The fraction of sp³-hybridized carbons (Fsp3) is 0.143. The van der Waals surface area contributed by atoms with Gasteiger partial charge in [0, 0.05) is 5.02 Å². The lowest BCUT2D eigenvalue weighted by atomic mass is 10.3. The Morgan fingerprint density at radius 1 is 1.16 bits per heavy atom. The summed E-state index contributed by atoms with van der Waals surface area (Å²) in [5, 5.41) is 9.27. The second-order valence-electron chi connectivity index (χ2n) is 2.72. The van der Waals surface area contributed by atoms with Crippen LogP contribution < -0.4 is 0 Å². The summed E-state index contributed by atoms with van der Waals surface area (Å²) in [4.78, 5) is 2.89. The van der Waals surface area contributed by atoms with E-state index in [1.165, 1.54) is 12.1 Å². The van der Waals surface area contributed by atoms with Crippen LogP contribution in [0.3, 0.4) is 0 Å². The third kappa shape index (κ3) is 5.80. The van der Waals surface area contributed by atoms with Gasteiger partial charge in [0.25, 0.3) is 0 Å². The van der Waals surface area contributed by atoms with Crippen LogP contribution in [0.25, 0.3) is 4.98 Å². The highest BCUT2D eigenvalue weighted by Crippen LogP contribution is 2.35. The minimum Gasteiger partial charge on any atom is -0.741 e. The van der Waals surface area contributed by atoms with E-state index in [4.69, 9.17) is 53.2 Å². The number of nitrogens with zero attached hydrogens (tertiary/aromatic N) is 2. The molecule has 0 aliphatic heterocycles. The molecule has 12 heteroatoms. The predicted molar refractivity (Wildman–Crippen MR) is 62.0 cm³/mol. The van der Waals surface area contributed by atoms with Gasteiger partial charge in [-0.3, -0.25) is 0 Å². The van der Waals surface area contributed by atoms with Gasteiger partial charge < -0.3 is 4.55 Å². The maximum atomic E-state index is 10.7. The summed E-state index contributed by atoms with van der Waals surface area (Å²) in [7, 11) is -6.09. The molecule has 0 spiro atoms. The number of benzene rings is 1. The molecule has 1 rings (SSSR count). The zero-order valence-corrected chi connectivity index (χ0v) is 11.5. The molecule has 0 atom stereocenters. The van der Waals surface area contributed by atoms with Crippen LogP contribution in [0.1, 0.15) is 0 Å². The third-order valence-corrected chi connectivity index (χ3v) is 2.73. The van der Waals surface area contributed by atoms with Gasteiger partial charge in [-0.05, 0) is 12.1 Å². The minimum absolute atomic E-state index is 0.137. The Balaban J connectivity index is 0.000000362. The molecule has 1 aromatic rings. The van der Waals surface area contributed by atoms with Gasteiger partial charge in [-0.1, -0.05) is 34.8 Å². The van der Waals surface area contributed by atoms with Crippen molar-refractivity contribution in [3.8, 4) is 0 Å². The first-order valence-electron chi connectivity index (χ1n) is 3.92. The number of halogens is 6. The molecule has 106 valence electrons. The van der Waals surface area contributed by atoms with Crippen LogP contribution in [0.4, 0.5) is 18.9 Å².